The maximum absolute atomic E-state index is 13.0. The van der Waals surface area contributed by atoms with Gasteiger partial charge < -0.3 is 15.0 Å². The number of phenolic OH excluding ortho intramolecular Hbond substituents is 1. The van der Waals surface area contributed by atoms with Gasteiger partial charge in [0.25, 0.3) is 0 Å². The summed E-state index contributed by atoms with van der Waals surface area (Å²) in [5.74, 6) is 0.460. The van der Waals surface area contributed by atoms with E-state index in [0.29, 0.717) is 5.75 Å². The molecule has 0 amide bonds. The highest BCUT2D eigenvalue weighted by atomic mass is 16.3. The first-order chi connectivity index (χ1) is 12.6. The van der Waals surface area contributed by atoms with Crippen molar-refractivity contribution in [3.63, 3.8) is 0 Å². The number of phenols is 1. The van der Waals surface area contributed by atoms with Gasteiger partial charge in [-0.25, -0.2) is 0 Å². The molecule has 1 aliphatic rings. The van der Waals surface area contributed by atoms with Gasteiger partial charge >= 0.3 is 0 Å². The van der Waals surface area contributed by atoms with Crippen LogP contribution in [-0.4, -0.2) is 53.0 Å². The lowest BCUT2D eigenvalue weighted by molar-refractivity contribution is 0.0831. The van der Waals surface area contributed by atoms with Crippen molar-refractivity contribution in [2.75, 3.05) is 31.1 Å². The van der Waals surface area contributed by atoms with Crippen molar-refractivity contribution in [2.45, 2.75) is 13.0 Å². The molecule has 5 heteroatoms. The van der Waals surface area contributed by atoms with Crippen LogP contribution in [0.4, 0.5) is 5.69 Å². The zero-order valence-electron chi connectivity index (χ0n) is 14.9. The summed E-state index contributed by atoms with van der Waals surface area (Å²) in [6.45, 7) is 5.17. The molecular weight excluding hydrogens is 326 g/mol. The van der Waals surface area contributed by atoms with Crippen LogP contribution in [0.2, 0.25) is 0 Å². The number of anilines is 1. The van der Waals surface area contributed by atoms with Gasteiger partial charge in [-0.3, -0.25) is 9.69 Å². The minimum Gasteiger partial charge on any atom is -0.506 e. The summed E-state index contributed by atoms with van der Waals surface area (Å²) in [5, 5.41) is 11.0. The number of ketones is 1. The van der Waals surface area contributed by atoms with Crippen LogP contribution in [0.1, 0.15) is 17.3 Å². The summed E-state index contributed by atoms with van der Waals surface area (Å²) in [6, 6.07) is 15.2. The number of rotatable bonds is 4. The Bertz CT molecular complexity index is 926. The van der Waals surface area contributed by atoms with E-state index in [9.17, 15) is 9.90 Å². The summed E-state index contributed by atoms with van der Waals surface area (Å²) in [4.78, 5) is 20.6. The molecule has 1 fully saturated rings. The first-order valence-corrected chi connectivity index (χ1v) is 9.02. The average Bonchev–Trinajstić information content (AvgIpc) is 3.11. The largest absolute Gasteiger partial charge is 0.506 e. The van der Waals surface area contributed by atoms with Crippen molar-refractivity contribution in [1.82, 2.24) is 9.88 Å². The molecule has 5 nitrogen and oxygen atoms in total. The minimum absolute atomic E-state index is 0.151. The zero-order valence-corrected chi connectivity index (χ0v) is 14.9. The number of nitrogens with one attached hydrogen (secondary N) is 1. The van der Waals surface area contributed by atoms with Gasteiger partial charge in [0.15, 0.2) is 5.78 Å². The number of aromatic nitrogens is 1. The monoisotopic (exact) mass is 349 g/mol. The Morgan fingerprint density at radius 1 is 1.04 bits per heavy atom. The Hall–Kier alpha value is -2.79. The quantitative estimate of drug-likeness (QED) is 0.710. The Labute approximate surface area is 152 Å². The first kappa shape index (κ1) is 16.7. The molecule has 0 radical (unpaired) electrons. The number of Topliss-reactive ketones (excluding diaryl/α,β-unsaturated/α-hetero) is 1. The van der Waals surface area contributed by atoms with Crippen LogP contribution in [0.15, 0.2) is 54.7 Å². The molecule has 2 N–H and O–H groups in total. The highest BCUT2D eigenvalue weighted by Crippen LogP contribution is 2.28. The van der Waals surface area contributed by atoms with Crippen molar-refractivity contribution in [3.05, 3.63) is 60.3 Å². The fourth-order valence-electron chi connectivity index (χ4n) is 3.75. The van der Waals surface area contributed by atoms with E-state index >= 15 is 0 Å². The van der Waals surface area contributed by atoms with E-state index in [0.717, 1.165) is 48.3 Å². The maximum atomic E-state index is 13.0. The molecule has 134 valence electrons. The molecular formula is C21H23N3O2. The number of carbonyl (C=O) groups excluding carboxylic acids is 1. The zero-order chi connectivity index (χ0) is 18.1. The second kappa shape index (κ2) is 6.84. The molecule has 2 heterocycles. The smallest absolute Gasteiger partial charge is 0.181 e. The van der Waals surface area contributed by atoms with Gasteiger partial charge in [0.1, 0.15) is 5.75 Å². The Kier molecular flexibility index (Phi) is 4.39. The summed E-state index contributed by atoms with van der Waals surface area (Å²) in [6.07, 6.45) is 1.82. The molecule has 1 saturated heterocycles. The van der Waals surface area contributed by atoms with E-state index < -0.39 is 0 Å². The van der Waals surface area contributed by atoms with Crippen LogP contribution in [0.25, 0.3) is 10.9 Å². The molecule has 26 heavy (non-hydrogen) atoms. The third kappa shape index (κ3) is 2.95. The number of hydrogen-bond acceptors (Lipinski definition) is 4. The molecule has 0 saturated carbocycles. The summed E-state index contributed by atoms with van der Waals surface area (Å²) < 4.78 is 0. The van der Waals surface area contributed by atoms with Gasteiger partial charge in [0, 0.05) is 48.8 Å². The summed E-state index contributed by atoms with van der Waals surface area (Å²) >= 11 is 0. The van der Waals surface area contributed by atoms with Crippen LogP contribution in [-0.2, 0) is 0 Å². The molecule has 1 aliphatic heterocycles. The number of carbonyl (C=O) groups is 1. The van der Waals surface area contributed by atoms with Crippen molar-refractivity contribution < 1.29 is 9.90 Å². The Morgan fingerprint density at radius 2 is 1.73 bits per heavy atom. The van der Waals surface area contributed by atoms with E-state index in [1.54, 1.807) is 6.07 Å². The van der Waals surface area contributed by atoms with E-state index in [1.807, 2.05) is 55.6 Å². The number of aromatic amines is 1. The molecule has 4 rings (SSSR count). The van der Waals surface area contributed by atoms with Crippen LogP contribution >= 0.6 is 0 Å². The number of aromatic hydroxyl groups is 1. The molecule has 1 unspecified atom stereocenters. The van der Waals surface area contributed by atoms with Gasteiger partial charge in [-0.2, -0.15) is 0 Å². The number of nitrogens with zero attached hydrogens (tertiary/aromatic N) is 2. The third-order valence-electron chi connectivity index (χ3n) is 5.32. The highest BCUT2D eigenvalue weighted by Gasteiger charge is 2.28. The number of fused-ring (bicyclic) bond motifs is 1. The maximum Gasteiger partial charge on any atom is 0.181 e. The summed E-state index contributed by atoms with van der Waals surface area (Å²) in [7, 11) is 0. The molecule has 3 aromatic rings. The second-order valence-corrected chi connectivity index (χ2v) is 6.80. The molecule has 2 aromatic carbocycles. The molecule has 0 spiro atoms. The van der Waals surface area contributed by atoms with Gasteiger partial charge in [0.2, 0.25) is 0 Å². The van der Waals surface area contributed by atoms with E-state index in [4.69, 9.17) is 0 Å². The number of piperazine rings is 1. The molecule has 0 bridgehead atoms. The number of benzene rings is 2. The molecule has 1 atom stereocenters. The van der Waals surface area contributed by atoms with Crippen LogP contribution in [0.3, 0.4) is 0 Å². The highest BCUT2D eigenvalue weighted by molar-refractivity contribution is 6.10. The average molecular weight is 349 g/mol. The SMILES string of the molecule is CC(C(=O)c1c[nH]c2ccccc12)N1CCN(c2ccccc2O)CC1. The van der Waals surface area contributed by atoms with Crippen LogP contribution in [0, 0.1) is 0 Å². The number of hydrogen-bond donors (Lipinski definition) is 2. The fraction of sp³-hybridized carbons (Fsp3) is 0.286. The van der Waals surface area contributed by atoms with Crippen molar-refractivity contribution in [2.24, 2.45) is 0 Å². The molecule has 1 aromatic heterocycles. The van der Waals surface area contributed by atoms with E-state index in [-0.39, 0.29) is 11.8 Å². The lowest BCUT2D eigenvalue weighted by Gasteiger charge is -2.38. The normalized spacial score (nSPS) is 16.7. The van der Waals surface area contributed by atoms with E-state index in [1.165, 1.54) is 0 Å². The lowest BCUT2D eigenvalue weighted by Crippen LogP contribution is -2.51. The van der Waals surface area contributed by atoms with Crippen molar-refractivity contribution in [3.8, 4) is 5.75 Å². The number of para-hydroxylation sites is 3. The van der Waals surface area contributed by atoms with E-state index in [2.05, 4.69) is 14.8 Å². The lowest BCUT2D eigenvalue weighted by atomic mass is 10.0. The van der Waals surface area contributed by atoms with Crippen LogP contribution < -0.4 is 4.90 Å². The second-order valence-electron chi connectivity index (χ2n) is 6.80. The van der Waals surface area contributed by atoms with Crippen molar-refractivity contribution in [1.29, 1.82) is 0 Å². The standard InChI is InChI=1S/C21H23N3O2/c1-15(21(26)17-14-22-18-7-3-2-6-16(17)18)23-10-12-24(13-11-23)19-8-4-5-9-20(19)25/h2-9,14-15,22,25H,10-13H2,1H3. The van der Waals surface area contributed by atoms with Gasteiger partial charge in [0.05, 0.1) is 11.7 Å². The topological polar surface area (TPSA) is 59.6 Å². The molecule has 0 aliphatic carbocycles. The Morgan fingerprint density at radius 3 is 2.50 bits per heavy atom. The van der Waals surface area contributed by atoms with Gasteiger partial charge in [-0.1, -0.05) is 30.3 Å². The van der Waals surface area contributed by atoms with Crippen molar-refractivity contribution >= 4 is 22.4 Å². The van der Waals surface area contributed by atoms with Gasteiger partial charge in [-0.15, -0.1) is 0 Å². The Balaban J connectivity index is 1.46. The minimum atomic E-state index is -0.166. The predicted molar refractivity (Wildman–Crippen MR) is 104 cm³/mol. The van der Waals surface area contributed by atoms with Crippen LogP contribution in [0.5, 0.6) is 5.75 Å². The first-order valence-electron chi connectivity index (χ1n) is 9.02. The summed E-state index contributed by atoms with van der Waals surface area (Å²) in [5.41, 5.74) is 2.62. The number of H-pyrrole nitrogens is 1. The fourth-order valence-corrected chi connectivity index (χ4v) is 3.75. The van der Waals surface area contributed by atoms with Gasteiger partial charge in [-0.05, 0) is 25.1 Å². The third-order valence-corrected chi connectivity index (χ3v) is 5.32. The predicted octanol–water partition coefficient (Wildman–Crippen LogP) is 3.27.